The van der Waals surface area contributed by atoms with Gasteiger partial charge in [-0.1, -0.05) is 0 Å². The highest BCUT2D eigenvalue weighted by molar-refractivity contribution is 5.42. The topological polar surface area (TPSA) is 61.0 Å². The Morgan fingerprint density at radius 2 is 2.25 bits per heavy atom. The van der Waals surface area contributed by atoms with Crippen molar-refractivity contribution in [2.24, 2.45) is 0 Å². The molecule has 1 aromatic rings. The molecule has 0 unspecified atom stereocenters. The lowest BCUT2D eigenvalue weighted by molar-refractivity contribution is 0.107. The van der Waals surface area contributed by atoms with Crippen LogP contribution in [0.25, 0.3) is 0 Å². The van der Waals surface area contributed by atoms with Crippen LogP contribution in [0.15, 0.2) is 0 Å². The summed E-state index contributed by atoms with van der Waals surface area (Å²) in [5.74, 6) is 1.33. The molecular formula is C8H11N3O. The molecule has 2 heterocycles. The molecule has 2 rings (SSSR count). The van der Waals surface area contributed by atoms with Gasteiger partial charge in [-0.05, 0) is 6.92 Å². The lowest BCUT2D eigenvalue weighted by Crippen LogP contribution is -2.16. The zero-order valence-corrected chi connectivity index (χ0v) is 7.00. The average Bonchev–Trinajstić information content (AvgIpc) is 2.04. The molecule has 0 saturated heterocycles. The standard InChI is InChI=1S/C8H11N3O/c1-5-10-7-4-12-3-2-6(7)8(9)11-5/h2-4H2,1H3,(H2,9,10,11). The maximum absolute atomic E-state index is 5.74. The van der Waals surface area contributed by atoms with E-state index in [1.54, 1.807) is 0 Å². The molecule has 0 saturated carbocycles. The van der Waals surface area contributed by atoms with E-state index in [1.807, 2.05) is 6.92 Å². The number of ether oxygens (including phenoxy) is 1. The Bertz CT molecular complexity index is 311. The molecule has 0 aromatic carbocycles. The Morgan fingerprint density at radius 3 is 3.08 bits per heavy atom. The summed E-state index contributed by atoms with van der Waals surface area (Å²) in [7, 11) is 0. The molecule has 2 N–H and O–H groups in total. The molecule has 64 valence electrons. The van der Waals surface area contributed by atoms with Crippen molar-refractivity contribution in [3.63, 3.8) is 0 Å². The van der Waals surface area contributed by atoms with E-state index in [1.165, 1.54) is 0 Å². The molecule has 0 atom stereocenters. The van der Waals surface area contributed by atoms with Crippen LogP contribution in [0.1, 0.15) is 17.1 Å². The third-order valence-corrected chi connectivity index (χ3v) is 1.97. The van der Waals surface area contributed by atoms with Gasteiger partial charge in [-0.3, -0.25) is 0 Å². The molecule has 0 radical (unpaired) electrons. The summed E-state index contributed by atoms with van der Waals surface area (Å²) in [6.07, 6.45) is 0.835. The molecule has 0 fully saturated rings. The van der Waals surface area contributed by atoms with Gasteiger partial charge < -0.3 is 10.5 Å². The van der Waals surface area contributed by atoms with Crippen LogP contribution in [0.5, 0.6) is 0 Å². The number of aryl methyl sites for hydroxylation is 1. The zero-order chi connectivity index (χ0) is 8.55. The van der Waals surface area contributed by atoms with Gasteiger partial charge in [0.2, 0.25) is 0 Å². The fourth-order valence-electron chi connectivity index (χ4n) is 1.41. The third kappa shape index (κ3) is 1.14. The maximum Gasteiger partial charge on any atom is 0.130 e. The van der Waals surface area contributed by atoms with E-state index in [2.05, 4.69) is 9.97 Å². The van der Waals surface area contributed by atoms with Crippen LogP contribution in [0.4, 0.5) is 5.82 Å². The van der Waals surface area contributed by atoms with Gasteiger partial charge in [0, 0.05) is 12.0 Å². The minimum atomic E-state index is 0.572. The van der Waals surface area contributed by atoms with Gasteiger partial charge in [-0.25, -0.2) is 9.97 Å². The molecule has 1 aromatic heterocycles. The molecule has 1 aliphatic heterocycles. The van der Waals surface area contributed by atoms with Gasteiger partial charge in [0.1, 0.15) is 11.6 Å². The highest BCUT2D eigenvalue weighted by Crippen LogP contribution is 2.18. The number of anilines is 1. The van der Waals surface area contributed by atoms with E-state index in [0.717, 1.165) is 30.1 Å². The second kappa shape index (κ2) is 2.71. The van der Waals surface area contributed by atoms with Crippen LogP contribution in [0.3, 0.4) is 0 Å². The highest BCUT2D eigenvalue weighted by atomic mass is 16.5. The summed E-state index contributed by atoms with van der Waals surface area (Å²) in [5, 5.41) is 0. The van der Waals surface area contributed by atoms with Crippen molar-refractivity contribution in [2.75, 3.05) is 12.3 Å². The first-order valence-electron chi connectivity index (χ1n) is 3.97. The summed E-state index contributed by atoms with van der Waals surface area (Å²) in [6, 6.07) is 0. The number of nitrogens with two attached hydrogens (primary N) is 1. The van der Waals surface area contributed by atoms with E-state index in [4.69, 9.17) is 10.5 Å². The van der Waals surface area contributed by atoms with Crippen molar-refractivity contribution < 1.29 is 4.74 Å². The Morgan fingerprint density at radius 1 is 1.42 bits per heavy atom. The quantitative estimate of drug-likeness (QED) is 0.606. The van der Waals surface area contributed by atoms with Crippen LogP contribution in [0.2, 0.25) is 0 Å². The summed E-state index contributed by atoms with van der Waals surface area (Å²) in [6.45, 7) is 3.14. The van der Waals surface area contributed by atoms with Crippen molar-refractivity contribution >= 4 is 5.82 Å². The van der Waals surface area contributed by atoms with Crippen LogP contribution >= 0.6 is 0 Å². The average molecular weight is 165 g/mol. The molecule has 0 amide bonds. The largest absolute Gasteiger partial charge is 0.383 e. The smallest absolute Gasteiger partial charge is 0.130 e. The van der Waals surface area contributed by atoms with Crippen LogP contribution < -0.4 is 5.73 Å². The maximum atomic E-state index is 5.74. The first-order valence-corrected chi connectivity index (χ1v) is 3.97. The van der Waals surface area contributed by atoms with Gasteiger partial charge in [0.15, 0.2) is 0 Å². The fraction of sp³-hybridized carbons (Fsp3) is 0.500. The van der Waals surface area contributed by atoms with E-state index >= 15 is 0 Å². The van der Waals surface area contributed by atoms with Gasteiger partial charge in [-0.15, -0.1) is 0 Å². The Hall–Kier alpha value is -1.16. The van der Waals surface area contributed by atoms with E-state index in [-0.39, 0.29) is 0 Å². The predicted molar refractivity (Wildman–Crippen MR) is 44.5 cm³/mol. The van der Waals surface area contributed by atoms with E-state index in [0.29, 0.717) is 12.4 Å². The minimum Gasteiger partial charge on any atom is -0.383 e. The summed E-state index contributed by atoms with van der Waals surface area (Å²) in [5.41, 5.74) is 7.75. The number of hydrogen-bond acceptors (Lipinski definition) is 4. The molecule has 0 bridgehead atoms. The third-order valence-electron chi connectivity index (χ3n) is 1.97. The van der Waals surface area contributed by atoms with Crippen molar-refractivity contribution in [3.8, 4) is 0 Å². The lowest BCUT2D eigenvalue weighted by atomic mass is 10.1. The fourth-order valence-corrected chi connectivity index (χ4v) is 1.41. The second-order valence-corrected chi connectivity index (χ2v) is 2.88. The molecule has 4 heteroatoms. The number of aromatic nitrogens is 2. The normalized spacial score (nSPS) is 15.8. The van der Waals surface area contributed by atoms with E-state index in [9.17, 15) is 0 Å². The molecule has 0 aliphatic carbocycles. The van der Waals surface area contributed by atoms with Gasteiger partial charge in [0.25, 0.3) is 0 Å². The summed E-state index contributed by atoms with van der Waals surface area (Å²) < 4.78 is 5.26. The molecule has 12 heavy (non-hydrogen) atoms. The molecular weight excluding hydrogens is 154 g/mol. The molecule has 4 nitrogen and oxygen atoms in total. The number of nitrogens with zero attached hydrogens (tertiary/aromatic N) is 2. The van der Waals surface area contributed by atoms with Gasteiger partial charge in [-0.2, -0.15) is 0 Å². The predicted octanol–water partition coefficient (Wildman–Crippen LogP) is 0.440. The van der Waals surface area contributed by atoms with Crippen molar-refractivity contribution in [2.45, 2.75) is 20.0 Å². The van der Waals surface area contributed by atoms with Crippen molar-refractivity contribution in [1.82, 2.24) is 9.97 Å². The minimum absolute atomic E-state index is 0.572. The first kappa shape index (κ1) is 7.49. The van der Waals surface area contributed by atoms with Crippen LogP contribution in [-0.2, 0) is 17.8 Å². The Kier molecular flexibility index (Phi) is 1.69. The Balaban J connectivity index is 2.53. The zero-order valence-electron chi connectivity index (χ0n) is 7.00. The van der Waals surface area contributed by atoms with E-state index < -0.39 is 0 Å². The van der Waals surface area contributed by atoms with Gasteiger partial charge in [0.05, 0.1) is 18.9 Å². The number of nitrogen functional groups attached to an aromatic ring is 1. The summed E-state index contributed by atoms with van der Waals surface area (Å²) in [4.78, 5) is 8.36. The van der Waals surface area contributed by atoms with Gasteiger partial charge >= 0.3 is 0 Å². The van der Waals surface area contributed by atoms with Crippen molar-refractivity contribution in [1.29, 1.82) is 0 Å². The summed E-state index contributed by atoms with van der Waals surface area (Å²) >= 11 is 0. The Labute approximate surface area is 70.8 Å². The second-order valence-electron chi connectivity index (χ2n) is 2.88. The lowest BCUT2D eigenvalue weighted by Gasteiger charge is -2.16. The number of fused-ring (bicyclic) bond motifs is 1. The monoisotopic (exact) mass is 165 g/mol. The SMILES string of the molecule is Cc1nc(N)c2c(n1)COCC2. The molecule has 1 aliphatic rings. The van der Waals surface area contributed by atoms with Crippen LogP contribution in [0, 0.1) is 6.92 Å². The highest BCUT2D eigenvalue weighted by Gasteiger charge is 2.14. The number of hydrogen-bond donors (Lipinski definition) is 1. The van der Waals surface area contributed by atoms with Crippen molar-refractivity contribution in [3.05, 3.63) is 17.1 Å². The first-order chi connectivity index (χ1) is 5.77. The number of rotatable bonds is 0. The molecule has 0 spiro atoms. The van der Waals surface area contributed by atoms with Crippen LogP contribution in [-0.4, -0.2) is 16.6 Å².